The van der Waals surface area contributed by atoms with Crippen LogP contribution in [-0.2, 0) is 4.79 Å². The second kappa shape index (κ2) is 7.44. The van der Waals surface area contributed by atoms with Gasteiger partial charge in [-0.2, -0.15) is 0 Å². The number of carbonyl (C=O) groups excluding carboxylic acids is 1. The van der Waals surface area contributed by atoms with Crippen LogP contribution in [-0.4, -0.2) is 18.0 Å². The van der Waals surface area contributed by atoms with Crippen LogP contribution in [0.25, 0.3) is 0 Å². The summed E-state index contributed by atoms with van der Waals surface area (Å²) in [5.74, 6) is 1.92. The zero-order chi connectivity index (χ0) is 14.5. The van der Waals surface area contributed by atoms with E-state index in [0.717, 1.165) is 31.6 Å². The fourth-order valence-corrected chi connectivity index (χ4v) is 3.89. The Morgan fingerprint density at radius 1 is 1.20 bits per heavy atom. The molecule has 0 aromatic heterocycles. The predicted molar refractivity (Wildman–Crippen MR) is 83.3 cm³/mol. The normalized spacial score (nSPS) is 34.4. The third kappa shape index (κ3) is 4.47. The molecule has 2 aliphatic carbocycles. The van der Waals surface area contributed by atoms with Crippen molar-refractivity contribution in [1.82, 2.24) is 5.32 Å². The first-order valence-electron chi connectivity index (χ1n) is 8.62. The monoisotopic (exact) mass is 280 g/mol. The van der Waals surface area contributed by atoms with Gasteiger partial charge in [-0.15, -0.1) is 0 Å². The highest BCUT2D eigenvalue weighted by atomic mass is 16.1. The van der Waals surface area contributed by atoms with Crippen LogP contribution in [0.2, 0.25) is 0 Å². The van der Waals surface area contributed by atoms with Crippen molar-refractivity contribution < 1.29 is 4.79 Å². The number of rotatable bonds is 5. The summed E-state index contributed by atoms with van der Waals surface area (Å²) in [6.07, 6.45) is 10.4. The highest BCUT2D eigenvalue weighted by molar-refractivity contribution is 5.79. The van der Waals surface area contributed by atoms with E-state index < -0.39 is 0 Å². The molecule has 0 heterocycles. The molecule has 20 heavy (non-hydrogen) atoms. The van der Waals surface area contributed by atoms with Gasteiger partial charge in [0.2, 0.25) is 5.91 Å². The summed E-state index contributed by atoms with van der Waals surface area (Å²) in [7, 11) is 0. The Hall–Kier alpha value is -0.570. The van der Waals surface area contributed by atoms with E-state index in [9.17, 15) is 4.79 Å². The molecule has 0 bridgehead atoms. The van der Waals surface area contributed by atoms with E-state index in [1.54, 1.807) is 0 Å². The fraction of sp³-hybridized carbons (Fsp3) is 0.941. The Bertz CT molecular complexity index is 316. The van der Waals surface area contributed by atoms with Crippen molar-refractivity contribution in [2.24, 2.45) is 23.5 Å². The van der Waals surface area contributed by atoms with Gasteiger partial charge in [0.15, 0.2) is 0 Å². The quantitative estimate of drug-likeness (QED) is 0.812. The number of nitrogens with two attached hydrogens (primary N) is 1. The standard InChI is InChI=1S/C17H32N2O/c1-12(2)9-10-13-5-4-8-16(13)19-17(20)14-6-3-7-15(18)11-14/h12-16H,3-11,18H2,1-2H3,(H,19,20). The van der Waals surface area contributed by atoms with Crippen LogP contribution in [0.4, 0.5) is 0 Å². The van der Waals surface area contributed by atoms with Crippen molar-refractivity contribution in [3.8, 4) is 0 Å². The Labute approximate surface area is 124 Å². The summed E-state index contributed by atoms with van der Waals surface area (Å²) in [5.41, 5.74) is 6.00. The molecule has 4 atom stereocenters. The van der Waals surface area contributed by atoms with Gasteiger partial charge in [-0.3, -0.25) is 4.79 Å². The fourth-order valence-electron chi connectivity index (χ4n) is 3.89. The minimum atomic E-state index is 0.171. The summed E-state index contributed by atoms with van der Waals surface area (Å²) in [6.45, 7) is 4.57. The van der Waals surface area contributed by atoms with Gasteiger partial charge in [0.25, 0.3) is 0 Å². The van der Waals surface area contributed by atoms with Crippen LogP contribution in [0.15, 0.2) is 0 Å². The van der Waals surface area contributed by atoms with E-state index in [2.05, 4.69) is 19.2 Å². The minimum Gasteiger partial charge on any atom is -0.353 e. The van der Waals surface area contributed by atoms with Crippen LogP contribution in [0, 0.1) is 17.8 Å². The van der Waals surface area contributed by atoms with Gasteiger partial charge in [0.1, 0.15) is 0 Å². The first-order valence-corrected chi connectivity index (χ1v) is 8.62. The lowest BCUT2D eigenvalue weighted by Crippen LogP contribution is -2.43. The van der Waals surface area contributed by atoms with Gasteiger partial charge in [-0.05, 0) is 50.4 Å². The molecule has 3 heteroatoms. The van der Waals surface area contributed by atoms with E-state index in [4.69, 9.17) is 5.73 Å². The van der Waals surface area contributed by atoms with Crippen molar-refractivity contribution in [2.75, 3.05) is 0 Å². The van der Waals surface area contributed by atoms with E-state index >= 15 is 0 Å². The number of amides is 1. The van der Waals surface area contributed by atoms with Crippen LogP contribution in [0.3, 0.4) is 0 Å². The molecular weight excluding hydrogens is 248 g/mol. The second-order valence-electron chi connectivity index (χ2n) is 7.40. The third-order valence-corrected chi connectivity index (χ3v) is 5.19. The smallest absolute Gasteiger partial charge is 0.223 e. The Morgan fingerprint density at radius 3 is 2.65 bits per heavy atom. The maximum absolute atomic E-state index is 12.4. The summed E-state index contributed by atoms with van der Waals surface area (Å²) in [6, 6.07) is 0.666. The highest BCUT2D eigenvalue weighted by Crippen LogP contribution is 2.31. The Balaban J connectivity index is 1.80. The zero-order valence-electron chi connectivity index (χ0n) is 13.2. The van der Waals surface area contributed by atoms with Crippen LogP contribution in [0.5, 0.6) is 0 Å². The van der Waals surface area contributed by atoms with Gasteiger partial charge in [0.05, 0.1) is 0 Å². The predicted octanol–water partition coefficient (Wildman–Crippen LogP) is 3.23. The average Bonchev–Trinajstić information content (AvgIpc) is 2.83. The molecule has 2 aliphatic rings. The first-order chi connectivity index (χ1) is 9.56. The van der Waals surface area contributed by atoms with Gasteiger partial charge in [-0.1, -0.05) is 33.1 Å². The number of carbonyl (C=O) groups is 1. The summed E-state index contributed by atoms with van der Waals surface area (Å²) in [5, 5.41) is 3.35. The van der Waals surface area contributed by atoms with Gasteiger partial charge in [0, 0.05) is 18.0 Å². The van der Waals surface area contributed by atoms with Crippen LogP contribution >= 0.6 is 0 Å². The molecule has 0 aliphatic heterocycles. The third-order valence-electron chi connectivity index (χ3n) is 5.19. The van der Waals surface area contributed by atoms with Crippen molar-refractivity contribution in [3.63, 3.8) is 0 Å². The van der Waals surface area contributed by atoms with E-state index in [1.165, 1.54) is 32.1 Å². The first kappa shape index (κ1) is 15.8. The Kier molecular flexibility index (Phi) is 5.88. The molecular formula is C17H32N2O. The molecule has 3 nitrogen and oxygen atoms in total. The molecule has 2 fully saturated rings. The lowest BCUT2D eigenvalue weighted by atomic mass is 9.85. The number of nitrogens with one attached hydrogen (secondary N) is 1. The topological polar surface area (TPSA) is 55.1 Å². The summed E-state index contributed by atoms with van der Waals surface area (Å²) < 4.78 is 0. The lowest BCUT2D eigenvalue weighted by molar-refractivity contribution is -0.127. The van der Waals surface area contributed by atoms with Gasteiger partial charge >= 0.3 is 0 Å². The van der Waals surface area contributed by atoms with E-state index in [0.29, 0.717) is 12.0 Å². The molecule has 0 aromatic rings. The molecule has 0 aromatic carbocycles. The molecule has 3 N–H and O–H groups in total. The largest absolute Gasteiger partial charge is 0.353 e. The SMILES string of the molecule is CC(C)CCC1CCCC1NC(=O)C1CCCC(N)C1. The number of hydrogen-bond acceptors (Lipinski definition) is 2. The molecule has 1 amide bonds. The van der Waals surface area contributed by atoms with Crippen molar-refractivity contribution in [3.05, 3.63) is 0 Å². The van der Waals surface area contributed by atoms with Crippen molar-refractivity contribution >= 4 is 5.91 Å². The molecule has 116 valence electrons. The summed E-state index contributed by atoms with van der Waals surface area (Å²) in [4.78, 5) is 12.4. The lowest BCUT2D eigenvalue weighted by Gasteiger charge is -2.28. The maximum atomic E-state index is 12.4. The molecule has 0 radical (unpaired) electrons. The van der Waals surface area contributed by atoms with E-state index in [1.807, 2.05) is 0 Å². The van der Waals surface area contributed by atoms with Crippen LogP contribution < -0.4 is 11.1 Å². The van der Waals surface area contributed by atoms with Gasteiger partial charge in [-0.25, -0.2) is 0 Å². The van der Waals surface area contributed by atoms with Crippen molar-refractivity contribution in [1.29, 1.82) is 0 Å². The second-order valence-corrected chi connectivity index (χ2v) is 7.40. The molecule has 4 unspecified atom stereocenters. The minimum absolute atomic E-state index is 0.171. The molecule has 2 saturated carbocycles. The zero-order valence-corrected chi connectivity index (χ0v) is 13.2. The average molecular weight is 280 g/mol. The van der Waals surface area contributed by atoms with E-state index in [-0.39, 0.29) is 17.9 Å². The van der Waals surface area contributed by atoms with Gasteiger partial charge < -0.3 is 11.1 Å². The maximum Gasteiger partial charge on any atom is 0.223 e. The number of hydrogen-bond donors (Lipinski definition) is 2. The molecule has 0 spiro atoms. The highest BCUT2D eigenvalue weighted by Gasteiger charge is 2.31. The van der Waals surface area contributed by atoms with Crippen molar-refractivity contribution in [2.45, 2.75) is 83.7 Å². The molecule has 0 saturated heterocycles. The molecule has 2 rings (SSSR count). The Morgan fingerprint density at radius 2 is 1.95 bits per heavy atom. The summed E-state index contributed by atoms with van der Waals surface area (Å²) >= 11 is 0. The van der Waals surface area contributed by atoms with Crippen LogP contribution in [0.1, 0.15) is 71.6 Å².